The molecule has 17 heavy (non-hydrogen) atoms. The molecule has 6 heteroatoms. The number of β-amino-alcohol motifs (C(OH)–C–C–N with tert-alkyl or cyclic N) is 1. The number of urea groups is 1. The molecule has 98 valence electrons. The van der Waals surface area contributed by atoms with Crippen LogP contribution in [0.2, 0.25) is 0 Å². The van der Waals surface area contributed by atoms with Gasteiger partial charge in [0.25, 0.3) is 0 Å². The summed E-state index contributed by atoms with van der Waals surface area (Å²) in [5.74, 6) is -0.336. The van der Waals surface area contributed by atoms with E-state index in [9.17, 15) is 14.7 Å². The van der Waals surface area contributed by atoms with E-state index in [0.29, 0.717) is 6.54 Å². The number of carbonyl (C=O) groups is 2. The fraction of sp³-hybridized carbons (Fsp3) is 0.818. The van der Waals surface area contributed by atoms with Gasteiger partial charge >= 0.3 is 6.03 Å². The van der Waals surface area contributed by atoms with Crippen LogP contribution in [0.4, 0.5) is 4.79 Å². The molecule has 0 saturated carbocycles. The van der Waals surface area contributed by atoms with Crippen molar-refractivity contribution in [2.24, 2.45) is 0 Å². The summed E-state index contributed by atoms with van der Waals surface area (Å²) >= 11 is 0. The minimum Gasteiger partial charge on any atom is -0.392 e. The Kier molecular flexibility index (Phi) is 5.37. The molecule has 0 radical (unpaired) electrons. The molecule has 1 atom stereocenters. The van der Waals surface area contributed by atoms with Crippen LogP contribution in [0, 0.1) is 0 Å². The van der Waals surface area contributed by atoms with Gasteiger partial charge in [-0.15, -0.1) is 0 Å². The molecule has 0 aliphatic carbocycles. The van der Waals surface area contributed by atoms with Gasteiger partial charge in [-0.2, -0.15) is 0 Å². The first kappa shape index (κ1) is 13.9. The van der Waals surface area contributed by atoms with Gasteiger partial charge in [0.15, 0.2) is 0 Å². The monoisotopic (exact) mass is 243 g/mol. The van der Waals surface area contributed by atoms with E-state index in [0.717, 1.165) is 19.4 Å². The van der Waals surface area contributed by atoms with Crippen LogP contribution in [-0.4, -0.2) is 53.7 Å². The number of likely N-dealkylation sites (tertiary alicyclic amines) is 1. The normalized spacial score (nSPS) is 21.3. The lowest BCUT2D eigenvalue weighted by Gasteiger charge is -2.29. The van der Waals surface area contributed by atoms with Crippen molar-refractivity contribution in [3.8, 4) is 0 Å². The molecule has 1 fully saturated rings. The third kappa shape index (κ3) is 5.65. The number of carbonyl (C=O) groups excluding carboxylic acids is 2. The van der Waals surface area contributed by atoms with Crippen LogP contribution in [0.1, 0.15) is 26.7 Å². The first-order valence-corrected chi connectivity index (χ1v) is 5.98. The van der Waals surface area contributed by atoms with Crippen LogP contribution < -0.4 is 10.6 Å². The predicted molar refractivity (Wildman–Crippen MR) is 63.5 cm³/mol. The van der Waals surface area contributed by atoms with Crippen molar-refractivity contribution in [2.45, 2.75) is 38.8 Å². The second kappa shape index (κ2) is 6.56. The Morgan fingerprint density at radius 3 is 2.76 bits per heavy atom. The molecule has 1 rings (SSSR count). The number of nitrogens with zero attached hydrogens (tertiary/aromatic N) is 1. The number of nitrogens with one attached hydrogen (secondary N) is 2. The van der Waals surface area contributed by atoms with Crippen LogP contribution in [0.15, 0.2) is 0 Å². The number of hydrogen-bond donors (Lipinski definition) is 3. The molecule has 0 aromatic heterocycles. The van der Waals surface area contributed by atoms with Crippen LogP contribution in [0.5, 0.6) is 0 Å². The first-order valence-electron chi connectivity index (χ1n) is 5.98. The first-order chi connectivity index (χ1) is 7.97. The number of aliphatic hydroxyl groups is 1. The fourth-order valence-electron chi connectivity index (χ4n) is 1.84. The van der Waals surface area contributed by atoms with E-state index in [4.69, 9.17) is 0 Å². The van der Waals surface area contributed by atoms with E-state index in [2.05, 4.69) is 10.6 Å². The van der Waals surface area contributed by atoms with Gasteiger partial charge in [0.2, 0.25) is 5.91 Å². The number of piperidine rings is 1. The lowest BCUT2D eigenvalue weighted by Crippen LogP contribution is -2.48. The van der Waals surface area contributed by atoms with Crippen molar-refractivity contribution in [2.75, 3.05) is 19.6 Å². The molecule has 1 unspecified atom stereocenters. The van der Waals surface area contributed by atoms with Gasteiger partial charge in [0.05, 0.1) is 12.6 Å². The fourth-order valence-corrected chi connectivity index (χ4v) is 1.84. The lowest BCUT2D eigenvalue weighted by molar-refractivity contribution is -0.121. The third-order valence-corrected chi connectivity index (χ3v) is 2.52. The van der Waals surface area contributed by atoms with E-state index >= 15 is 0 Å². The minimum absolute atomic E-state index is 0.000362. The van der Waals surface area contributed by atoms with Gasteiger partial charge in [-0.1, -0.05) is 0 Å². The van der Waals surface area contributed by atoms with Crippen LogP contribution in [0.25, 0.3) is 0 Å². The molecule has 0 aromatic rings. The number of amides is 3. The maximum atomic E-state index is 11.5. The van der Waals surface area contributed by atoms with Crippen LogP contribution >= 0.6 is 0 Å². The molecule has 0 bridgehead atoms. The molecule has 3 amide bonds. The van der Waals surface area contributed by atoms with Gasteiger partial charge in [-0.3, -0.25) is 15.0 Å². The Hall–Kier alpha value is -1.14. The maximum Gasteiger partial charge on any atom is 0.321 e. The second-order valence-corrected chi connectivity index (χ2v) is 4.71. The molecule has 1 heterocycles. The Bertz CT molecular complexity index is 281. The summed E-state index contributed by atoms with van der Waals surface area (Å²) in [4.78, 5) is 24.6. The highest BCUT2D eigenvalue weighted by atomic mass is 16.3. The van der Waals surface area contributed by atoms with Gasteiger partial charge < -0.3 is 10.4 Å². The summed E-state index contributed by atoms with van der Waals surface area (Å²) in [6.45, 7) is 5.09. The maximum absolute atomic E-state index is 11.5. The van der Waals surface area contributed by atoms with Crippen LogP contribution in [-0.2, 0) is 4.79 Å². The molecule has 1 aliphatic rings. The zero-order valence-corrected chi connectivity index (χ0v) is 10.4. The zero-order chi connectivity index (χ0) is 12.8. The number of imide groups is 1. The van der Waals surface area contributed by atoms with E-state index in [1.807, 2.05) is 18.7 Å². The van der Waals surface area contributed by atoms with E-state index < -0.39 is 6.03 Å². The van der Waals surface area contributed by atoms with Crippen molar-refractivity contribution in [3.63, 3.8) is 0 Å². The predicted octanol–water partition coefficient (Wildman–Crippen LogP) is -0.323. The summed E-state index contributed by atoms with van der Waals surface area (Å²) in [5.41, 5.74) is 0. The smallest absolute Gasteiger partial charge is 0.321 e. The molecule has 1 saturated heterocycles. The molecular formula is C11H21N3O3. The van der Waals surface area contributed by atoms with Crippen molar-refractivity contribution in [3.05, 3.63) is 0 Å². The quantitative estimate of drug-likeness (QED) is 0.634. The molecular weight excluding hydrogens is 222 g/mol. The zero-order valence-electron chi connectivity index (χ0n) is 10.4. The third-order valence-electron chi connectivity index (χ3n) is 2.52. The van der Waals surface area contributed by atoms with Crippen molar-refractivity contribution >= 4 is 11.9 Å². The Morgan fingerprint density at radius 1 is 1.47 bits per heavy atom. The molecule has 0 spiro atoms. The molecule has 6 nitrogen and oxygen atoms in total. The Balaban J connectivity index is 2.26. The Labute approximate surface area is 101 Å². The summed E-state index contributed by atoms with van der Waals surface area (Å²) in [7, 11) is 0. The number of rotatable bonds is 3. The van der Waals surface area contributed by atoms with E-state index in [1.54, 1.807) is 0 Å². The molecule has 1 aliphatic heterocycles. The Morgan fingerprint density at radius 2 is 2.18 bits per heavy atom. The van der Waals surface area contributed by atoms with Crippen molar-refractivity contribution < 1.29 is 14.7 Å². The van der Waals surface area contributed by atoms with Gasteiger partial charge in [-0.05, 0) is 33.2 Å². The van der Waals surface area contributed by atoms with Crippen molar-refractivity contribution in [1.82, 2.24) is 15.5 Å². The SMILES string of the molecule is CC(C)NC(=O)NC(=O)CN1CCCC(O)C1. The van der Waals surface area contributed by atoms with Gasteiger partial charge in [0, 0.05) is 12.6 Å². The summed E-state index contributed by atoms with van der Waals surface area (Å²) < 4.78 is 0. The average Bonchev–Trinajstić information content (AvgIpc) is 2.14. The highest BCUT2D eigenvalue weighted by molar-refractivity contribution is 5.95. The second-order valence-electron chi connectivity index (χ2n) is 4.71. The highest BCUT2D eigenvalue weighted by Gasteiger charge is 2.20. The number of aliphatic hydroxyl groups excluding tert-OH is 1. The van der Waals surface area contributed by atoms with Gasteiger partial charge in [0.1, 0.15) is 0 Å². The van der Waals surface area contributed by atoms with Crippen LogP contribution in [0.3, 0.4) is 0 Å². The van der Waals surface area contributed by atoms with E-state index in [-0.39, 0.29) is 24.6 Å². The number of hydrogen-bond acceptors (Lipinski definition) is 4. The summed E-state index contributed by atoms with van der Waals surface area (Å²) in [6, 6.07) is -0.470. The van der Waals surface area contributed by atoms with E-state index in [1.165, 1.54) is 0 Å². The van der Waals surface area contributed by atoms with Gasteiger partial charge in [-0.25, -0.2) is 4.79 Å². The summed E-state index contributed by atoms with van der Waals surface area (Å²) in [6.07, 6.45) is 1.31. The average molecular weight is 243 g/mol. The van der Waals surface area contributed by atoms with Crippen molar-refractivity contribution in [1.29, 1.82) is 0 Å². The highest BCUT2D eigenvalue weighted by Crippen LogP contribution is 2.08. The molecule has 3 N–H and O–H groups in total. The summed E-state index contributed by atoms with van der Waals surface area (Å²) in [5, 5.41) is 14.3. The topological polar surface area (TPSA) is 81.7 Å². The largest absolute Gasteiger partial charge is 0.392 e. The lowest BCUT2D eigenvalue weighted by atomic mass is 10.1. The standard InChI is InChI=1S/C11H21N3O3/c1-8(2)12-11(17)13-10(16)7-14-5-3-4-9(15)6-14/h8-9,15H,3-7H2,1-2H3,(H2,12,13,16,17). The minimum atomic E-state index is -0.470. The molecule has 0 aromatic carbocycles.